The highest BCUT2D eigenvalue weighted by atomic mass is 16.7. The molecule has 148 valence electrons. The topological polar surface area (TPSA) is 18.5 Å². The molecule has 1 aliphatic carbocycles. The predicted octanol–water partition coefficient (Wildman–Crippen LogP) is 7.33. The third-order valence-electron chi connectivity index (χ3n) is 5.53. The van der Waals surface area contributed by atoms with Crippen LogP contribution in [0.1, 0.15) is 97.5 Å². The molecule has 2 atom stereocenters. The molecular formula is C24H40O2. The summed E-state index contributed by atoms with van der Waals surface area (Å²) in [4.78, 5) is 0. The molecule has 2 unspecified atom stereocenters. The Morgan fingerprint density at radius 1 is 0.962 bits per heavy atom. The zero-order chi connectivity index (χ0) is 18.9. The standard InChI is InChI=1S/C24H40O2/c1-6-10-24(25-21-11-8-7-9-12-21)26-22-15-13-20(14-16-22)23(19(4)5)17-18(2)3/h13-16,18-19,21,23-24H,6-12,17H2,1-5H3. The van der Waals surface area contributed by atoms with Crippen molar-refractivity contribution in [1.29, 1.82) is 0 Å². The first-order valence-corrected chi connectivity index (χ1v) is 10.9. The normalized spacial score (nSPS) is 18.3. The first kappa shape index (κ1) is 21.3. The quantitative estimate of drug-likeness (QED) is 0.407. The van der Waals surface area contributed by atoms with E-state index in [2.05, 4.69) is 58.9 Å². The second kappa shape index (κ2) is 11.0. The molecule has 0 saturated heterocycles. The lowest BCUT2D eigenvalue weighted by Gasteiger charge is -2.28. The SMILES string of the molecule is CCCC(Oc1ccc(C(CC(C)C)C(C)C)cc1)OC1CCCCC1. The van der Waals surface area contributed by atoms with Crippen molar-refractivity contribution in [3.63, 3.8) is 0 Å². The molecule has 0 radical (unpaired) electrons. The van der Waals surface area contributed by atoms with Crippen LogP contribution < -0.4 is 4.74 Å². The second-order valence-corrected chi connectivity index (χ2v) is 8.78. The van der Waals surface area contributed by atoms with Crippen LogP contribution in [0.15, 0.2) is 24.3 Å². The number of hydrogen-bond acceptors (Lipinski definition) is 2. The molecule has 0 N–H and O–H groups in total. The van der Waals surface area contributed by atoms with Gasteiger partial charge in [0.1, 0.15) is 5.75 Å². The summed E-state index contributed by atoms with van der Waals surface area (Å²) < 4.78 is 12.5. The van der Waals surface area contributed by atoms with Gasteiger partial charge in [-0.25, -0.2) is 0 Å². The number of ether oxygens (including phenoxy) is 2. The first-order valence-electron chi connectivity index (χ1n) is 10.9. The molecule has 2 nitrogen and oxygen atoms in total. The van der Waals surface area contributed by atoms with Gasteiger partial charge in [0.25, 0.3) is 0 Å². The van der Waals surface area contributed by atoms with Crippen molar-refractivity contribution in [3.05, 3.63) is 29.8 Å². The highest BCUT2D eigenvalue weighted by Gasteiger charge is 2.21. The third kappa shape index (κ3) is 6.95. The van der Waals surface area contributed by atoms with Crippen LogP contribution in [-0.2, 0) is 4.74 Å². The van der Waals surface area contributed by atoms with Crippen molar-refractivity contribution >= 4 is 0 Å². The fourth-order valence-corrected chi connectivity index (χ4v) is 4.05. The van der Waals surface area contributed by atoms with Crippen LogP contribution in [0.5, 0.6) is 5.75 Å². The van der Waals surface area contributed by atoms with E-state index in [-0.39, 0.29) is 6.29 Å². The van der Waals surface area contributed by atoms with E-state index in [9.17, 15) is 0 Å². The molecule has 1 fully saturated rings. The molecule has 0 bridgehead atoms. The van der Waals surface area contributed by atoms with E-state index in [0.29, 0.717) is 17.9 Å². The van der Waals surface area contributed by atoms with E-state index in [4.69, 9.17) is 9.47 Å². The van der Waals surface area contributed by atoms with E-state index in [1.807, 2.05) is 0 Å². The maximum atomic E-state index is 6.28. The Morgan fingerprint density at radius 2 is 1.62 bits per heavy atom. The minimum absolute atomic E-state index is 0.106. The van der Waals surface area contributed by atoms with Gasteiger partial charge >= 0.3 is 0 Å². The number of rotatable bonds is 10. The largest absolute Gasteiger partial charge is 0.465 e. The smallest absolute Gasteiger partial charge is 0.200 e. The highest BCUT2D eigenvalue weighted by Crippen LogP contribution is 2.32. The number of hydrogen-bond donors (Lipinski definition) is 0. The molecule has 26 heavy (non-hydrogen) atoms. The van der Waals surface area contributed by atoms with E-state index in [0.717, 1.165) is 24.5 Å². The van der Waals surface area contributed by atoms with E-state index in [1.165, 1.54) is 44.1 Å². The predicted molar refractivity (Wildman–Crippen MR) is 111 cm³/mol. The molecule has 2 heteroatoms. The van der Waals surface area contributed by atoms with Gasteiger partial charge in [-0.05, 0) is 54.7 Å². The van der Waals surface area contributed by atoms with Crippen molar-refractivity contribution in [2.75, 3.05) is 0 Å². The van der Waals surface area contributed by atoms with Gasteiger partial charge in [-0.15, -0.1) is 0 Å². The Labute approximate surface area is 161 Å². The van der Waals surface area contributed by atoms with Gasteiger partial charge in [0.15, 0.2) is 6.29 Å². The van der Waals surface area contributed by atoms with Crippen molar-refractivity contribution in [2.45, 2.75) is 104 Å². The van der Waals surface area contributed by atoms with Gasteiger partial charge in [-0.1, -0.05) is 72.4 Å². The molecule has 0 aromatic heterocycles. The molecule has 0 heterocycles. The summed E-state index contributed by atoms with van der Waals surface area (Å²) in [7, 11) is 0. The Hall–Kier alpha value is -1.02. The zero-order valence-electron chi connectivity index (χ0n) is 17.7. The summed E-state index contributed by atoms with van der Waals surface area (Å²) in [6, 6.07) is 8.79. The lowest BCUT2D eigenvalue weighted by atomic mass is 9.82. The van der Waals surface area contributed by atoms with E-state index >= 15 is 0 Å². The molecule has 1 saturated carbocycles. The van der Waals surface area contributed by atoms with Gasteiger partial charge in [0.2, 0.25) is 0 Å². The zero-order valence-corrected chi connectivity index (χ0v) is 17.7. The molecular weight excluding hydrogens is 320 g/mol. The summed E-state index contributed by atoms with van der Waals surface area (Å²) in [6.07, 6.45) is 9.88. The summed E-state index contributed by atoms with van der Waals surface area (Å²) in [5.74, 6) is 2.94. The monoisotopic (exact) mass is 360 g/mol. The van der Waals surface area contributed by atoms with E-state index in [1.54, 1.807) is 0 Å². The minimum atomic E-state index is -0.106. The lowest BCUT2D eigenvalue weighted by Crippen LogP contribution is -2.28. The van der Waals surface area contributed by atoms with Crippen LogP contribution in [0, 0.1) is 11.8 Å². The molecule has 1 aliphatic rings. The van der Waals surface area contributed by atoms with Gasteiger partial charge in [-0.2, -0.15) is 0 Å². The van der Waals surface area contributed by atoms with Crippen molar-refractivity contribution < 1.29 is 9.47 Å². The number of benzene rings is 1. The summed E-state index contributed by atoms with van der Waals surface area (Å²) in [5.41, 5.74) is 1.43. The van der Waals surface area contributed by atoms with Crippen LogP contribution in [0.25, 0.3) is 0 Å². The molecule has 2 rings (SSSR count). The summed E-state index contributed by atoms with van der Waals surface area (Å²) >= 11 is 0. The Bertz CT molecular complexity index is 485. The van der Waals surface area contributed by atoms with Crippen LogP contribution in [0.4, 0.5) is 0 Å². The first-order chi connectivity index (χ1) is 12.5. The van der Waals surface area contributed by atoms with Crippen LogP contribution in [-0.4, -0.2) is 12.4 Å². The Balaban J connectivity index is 1.98. The summed E-state index contributed by atoms with van der Waals surface area (Å²) in [6.45, 7) is 11.5. The maximum absolute atomic E-state index is 6.28. The molecule has 1 aromatic rings. The van der Waals surface area contributed by atoms with Crippen molar-refractivity contribution in [3.8, 4) is 5.75 Å². The fraction of sp³-hybridized carbons (Fsp3) is 0.750. The van der Waals surface area contributed by atoms with Crippen molar-refractivity contribution in [2.24, 2.45) is 11.8 Å². The molecule has 0 amide bonds. The highest BCUT2D eigenvalue weighted by molar-refractivity contribution is 5.30. The molecule has 1 aromatic carbocycles. The lowest BCUT2D eigenvalue weighted by molar-refractivity contribution is -0.131. The van der Waals surface area contributed by atoms with Gasteiger partial charge in [0.05, 0.1) is 6.10 Å². The summed E-state index contributed by atoms with van der Waals surface area (Å²) in [5, 5.41) is 0. The third-order valence-corrected chi connectivity index (χ3v) is 5.53. The van der Waals surface area contributed by atoms with Crippen LogP contribution >= 0.6 is 0 Å². The Morgan fingerprint density at radius 3 is 2.15 bits per heavy atom. The van der Waals surface area contributed by atoms with Crippen LogP contribution in [0.3, 0.4) is 0 Å². The molecule has 0 spiro atoms. The van der Waals surface area contributed by atoms with Gasteiger partial charge in [0, 0.05) is 6.42 Å². The average molecular weight is 361 g/mol. The van der Waals surface area contributed by atoms with E-state index < -0.39 is 0 Å². The maximum Gasteiger partial charge on any atom is 0.200 e. The van der Waals surface area contributed by atoms with Crippen LogP contribution in [0.2, 0.25) is 0 Å². The van der Waals surface area contributed by atoms with Crippen molar-refractivity contribution in [1.82, 2.24) is 0 Å². The Kier molecular flexibility index (Phi) is 8.98. The second-order valence-electron chi connectivity index (χ2n) is 8.78. The minimum Gasteiger partial charge on any atom is -0.465 e. The average Bonchev–Trinajstić information content (AvgIpc) is 2.61. The molecule has 0 aliphatic heterocycles. The van der Waals surface area contributed by atoms with Gasteiger partial charge in [-0.3, -0.25) is 0 Å². The van der Waals surface area contributed by atoms with Gasteiger partial charge < -0.3 is 9.47 Å². The fourth-order valence-electron chi connectivity index (χ4n) is 4.05.